The van der Waals surface area contributed by atoms with Crippen molar-refractivity contribution >= 4 is 21.9 Å². The molecule has 110 valence electrons. The minimum Gasteiger partial charge on any atom is -0.482 e. The van der Waals surface area contributed by atoms with Gasteiger partial charge in [-0.1, -0.05) is 0 Å². The first-order chi connectivity index (χ1) is 9.31. The van der Waals surface area contributed by atoms with Crippen molar-refractivity contribution in [3.8, 4) is 5.75 Å². The third-order valence-corrected chi connectivity index (χ3v) is 3.64. The van der Waals surface area contributed by atoms with E-state index in [4.69, 9.17) is 15.6 Å². The van der Waals surface area contributed by atoms with Crippen molar-refractivity contribution in [2.24, 2.45) is 5.73 Å². The van der Waals surface area contributed by atoms with Gasteiger partial charge in [-0.25, -0.2) is 17.9 Å². The number of carboxylic acids is 1. The number of ether oxygens (including phenoxy) is 1. The highest BCUT2D eigenvalue weighted by Gasteiger charge is 2.13. The summed E-state index contributed by atoms with van der Waals surface area (Å²) in [6.45, 7) is -0.599. The van der Waals surface area contributed by atoms with Gasteiger partial charge in [0.25, 0.3) is 0 Å². The van der Waals surface area contributed by atoms with Gasteiger partial charge >= 0.3 is 5.97 Å². The van der Waals surface area contributed by atoms with Crippen LogP contribution in [0.4, 0.5) is 0 Å². The highest BCUT2D eigenvalue weighted by Crippen LogP contribution is 2.15. The van der Waals surface area contributed by atoms with E-state index in [-0.39, 0.29) is 23.6 Å². The smallest absolute Gasteiger partial charge is 0.341 e. The molecule has 0 aliphatic rings. The third kappa shape index (κ3) is 5.24. The maximum Gasteiger partial charge on any atom is 0.341 e. The highest BCUT2D eigenvalue weighted by atomic mass is 32.2. The fourth-order valence-electron chi connectivity index (χ4n) is 1.25. The molecule has 9 heteroatoms. The molecule has 0 heterocycles. The molecular weight excluding hydrogens is 288 g/mol. The zero-order chi connectivity index (χ0) is 15.2. The van der Waals surface area contributed by atoms with Crippen LogP contribution in [0.15, 0.2) is 29.2 Å². The van der Waals surface area contributed by atoms with Gasteiger partial charge in [0.2, 0.25) is 15.9 Å². The predicted octanol–water partition coefficient (Wildman–Crippen LogP) is -0.696. The SMILES string of the molecule is NC(=O)CCNS(=O)(=O)c1ccc(OCC(=O)O)cc1. The fourth-order valence-corrected chi connectivity index (χ4v) is 2.28. The molecule has 20 heavy (non-hydrogen) atoms. The van der Waals surface area contributed by atoms with E-state index in [0.29, 0.717) is 0 Å². The van der Waals surface area contributed by atoms with Crippen LogP contribution in [0.2, 0.25) is 0 Å². The van der Waals surface area contributed by atoms with Gasteiger partial charge in [-0.2, -0.15) is 0 Å². The number of carbonyl (C=O) groups is 2. The average molecular weight is 302 g/mol. The first-order valence-electron chi connectivity index (χ1n) is 5.54. The van der Waals surface area contributed by atoms with Gasteiger partial charge in [0.15, 0.2) is 6.61 Å². The predicted molar refractivity (Wildman–Crippen MR) is 68.6 cm³/mol. The molecule has 0 saturated carbocycles. The second-order valence-corrected chi connectivity index (χ2v) is 5.53. The number of sulfonamides is 1. The van der Waals surface area contributed by atoms with Crippen LogP contribution in [0.5, 0.6) is 5.75 Å². The van der Waals surface area contributed by atoms with E-state index in [0.717, 1.165) is 0 Å². The lowest BCUT2D eigenvalue weighted by atomic mass is 10.3. The van der Waals surface area contributed by atoms with Crippen molar-refractivity contribution in [1.82, 2.24) is 4.72 Å². The fraction of sp³-hybridized carbons (Fsp3) is 0.273. The first kappa shape index (κ1) is 15.9. The quantitative estimate of drug-likeness (QED) is 0.581. The summed E-state index contributed by atoms with van der Waals surface area (Å²) in [6, 6.07) is 5.21. The standard InChI is InChI=1S/C11H14N2O6S/c12-10(14)5-6-13-20(17,18)9-3-1-8(2-4-9)19-7-11(15)16/h1-4,13H,5-7H2,(H2,12,14)(H,15,16). The number of hydrogen-bond acceptors (Lipinski definition) is 5. The van der Waals surface area contributed by atoms with E-state index in [1.54, 1.807) is 0 Å². The summed E-state index contributed by atoms with van der Waals surface area (Å²) in [7, 11) is -3.73. The number of nitrogens with two attached hydrogens (primary N) is 1. The monoisotopic (exact) mass is 302 g/mol. The molecule has 0 saturated heterocycles. The Hall–Kier alpha value is -2.13. The van der Waals surface area contributed by atoms with Crippen LogP contribution in [0.3, 0.4) is 0 Å². The molecule has 8 nitrogen and oxygen atoms in total. The summed E-state index contributed by atoms with van der Waals surface area (Å²) in [6.07, 6.45) is -0.0982. The number of carbonyl (C=O) groups excluding carboxylic acids is 1. The van der Waals surface area contributed by atoms with Gasteiger partial charge in [0, 0.05) is 13.0 Å². The normalized spacial score (nSPS) is 11.0. The molecule has 0 aliphatic carbocycles. The molecule has 0 bridgehead atoms. The highest BCUT2D eigenvalue weighted by molar-refractivity contribution is 7.89. The van der Waals surface area contributed by atoms with Gasteiger partial charge in [-0.05, 0) is 24.3 Å². The minimum absolute atomic E-state index is 0.0235. The lowest BCUT2D eigenvalue weighted by molar-refractivity contribution is -0.139. The molecule has 0 atom stereocenters. The van der Waals surface area contributed by atoms with E-state index >= 15 is 0 Å². The van der Waals surface area contributed by atoms with Crippen LogP contribution in [-0.4, -0.2) is 38.6 Å². The van der Waals surface area contributed by atoms with Crippen LogP contribution in [0.25, 0.3) is 0 Å². The third-order valence-electron chi connectivity index (χ3n) is 2.16. The Labute approximate surface area is 115 Å². The van der Waals surface area contributed by atoms with Crippen molar-refractivity contribution in [2.75, 3.05) is 13.2 Å². The zero-order valence-electron chi connectivity index (χ0n) is 10.4. The number of aliphatic carboxylic acids is 1. The lowest BCUT2D eigenvalue weighted by Gasteiger charge is -2.07. The Balaban J connectivity index is 2.66. The van der Waals surface area contributed by atoms with Crippen LogP contribution in [-0.2, 0) is 19.6 Å². The number of nitrogens with one attached hydrogen (secondary N) is 1. The molecule has 0 unspecified atom stereocenters. The molecule has 0 radical (unpaired) electrons. The molecule has 0 spiro atoms. The van der Waals surface area contributed by atoms with Crippen molar-refractivity contribution in [2.45, 2.75) is 11.3 Å². The van der Waals surface area contributed by atoms with Crippen molar-refractivity contribution < 1.29 is 27.9 Å². The summed E-state index contributed by atoms with van der Waals surface area (Å²) in [5, 5.41) is 8.43. The van der Waals surface area contributed by atoms with Crippen LogP contribution < -0.4 is 15.2 Å². The Morgan fingerprint density at radius 3 is 2.35 bits per heavy atom. The van der Waals surface area contributed by atoms with Gasteiger partial charge in [0.05, 0.1) is 4.90 Å². The Morgan fingerprint density at radius 1 is 1.25 bits per heavy atom. The average Bonchev–Trinajstić information content (AvgIpc) is 2.36. The van der Waals surface area contributed by atoms with E-state index in [1.807, 2.05) is 0 Å². The van der Waals surface area contributed by atoms with E-state index < -0.39 is 28.5 Å². The Kier molecular flexibility index (Phi) is 5.47. The Morgan fingerprint density at radius 2 is 1.85 bits per heavy atom. The molecule has 0 aliphatic heterocycles. The molecule has 1 rings (SSSR count). The van der Waals surface area contributed by atoms with Gasteiger partial charge in [-0.15, -0.1) is 0 Å². The van der Waals surface area contributed by atoms with Gasteiger partial charge in [0.1, 0.15) is 5.75 Å². The molecule has 1 aromatic carbocycles. The number of hydrogen-bond donors (Lipinski definition) is 3. The van der Waals surface area contributed by atoms with Crippen LogP contribution in [0, 0.1) is 0 Å². The second-order valence-electron chi connectivity index (χ2n) is 3.77. The zero-order valence-corrected chi connectivity index (χ0v) is 11.2. The molecule has 0 aromatic heterocycles. The minimum atomic E-state index is -3.73. The van der Waals surface area contributed by atoms with Crippen LogP contribution >= 0.6 is 0 Å². The molecule has 0 fully saturated rings. The number of carboxylic acid groups (broad SMARTS) is 1. The summed E-state index contributed by atoms with van der Waals surface area (Å²) < 4.78 is 30.7. The largest absolute Gasteiger partial charge is 0.482 e. The number of benzene rings is 1. The topological polar surface area (TPSA) is 136 Å². The maximum absolute atomic E-state index is 11.8. The molecule has 4 N–H and O–H groups in total. The molecule has 1 amide bonds. The van der Waals surface area contributed by atoms with Gasteiger partial charge < -0.3 is 15.6 Å². The van der Waals surface area contributed by atoms with E-state index in [9.17, 15) is 18.0 Å². The van der Waals surface area contributed by atoms with E-state index in [1.165, 1.54) is 24.3 Å². The molecule has 1 aromatic rings. The summed E-state index contributed by atoms with van der Waals surface area (Å²) >= 11 is 0. The van der Waals surface area contributed by atoms with Crippen LogP contribution in [0.1, 0.15) is 6.42 Å². The first-order valence-corrected chi connectivity index (χ1v) is 7.02. The van der Waals surface area contributed by atoms with Crippen molar-refractivity contribution in [3.63, 3.8) is 0 Å². The van der Waals surface area contributed by atoms with Gasteiger partial charge in [-0.3, -0.25) is 4.79 Å². The maximum atomic E-state index is 11.8. The number of amides is 1. The summed E-state index contributed by atoms with van der Waals surface area (Å²) in [5.41, 5.74) is 4.90. The Bertz CT molecular complexity index is 581. The van der Waals surface area contributed by atoms with Crippen molar-refractivity contribution in [1.29, 1.82) is 0 Å². The molecular formula is C11H14N2O6S. The van der Waals surface area contributed by atoms with Crippen molar-refractivity contribution in [3.05, 3.63) is 24.3 Å². The summed E-state index contributed by atoms with van der Waals surface area (Å²) in [5.74, 6) is -1.50. The number of rotatable bonds is 8. The second kappa shape index (κ2) is 6.87. The lowest BCUT2D eigenvalue weighted by Crippen LogP contribution is -2.28. The summed E-state index contributed by atoms with van der Waals surface area (Å²) in [4.78, 5) is 20.8. The number of primary amides is 1. The van der Waals surface area contributed by atoms with E-state index in [2.05, 4.69) is 4.72 Å².